The summed E-state index contributed by atoms with van der Waals surface area (Å²) in [6, 6.07) is 5.11. The molecule has 2 fully saturated rings. The monoisotopic (exact) mass is 458 g/mol. The Kier molecular flexibility index (Phi) is 4.84. The summed E-state index contributed by atoms with van der Waals surface area (Å²) in [5.41, 5.74) is 11.0. The molecule has 2 atom stereocenters. The molecule has 0 radical (unpaired) electrons. The molecule has 8 nitrogen and oxygen atoms in total. The van der Waals surface area contributed by atoms with E-state index in [9.17, 15) is 0 Å². The Bertz CT molecular complexity index is 1280. The Balaban J connectivity index is 0.00000204. The number of anilines is 1. The highest BCUT2D eigenvalue weighted by Crippen LogP contribution is 2.40. The van der Waals surface area contributed by atoms with Gasteiger partial charge in [-0.3, -0.25) is 9.78 Å². The van der Waals surface area contributed by atoms with E-state index in [0.29, 0.717) is 22.8 Å². The molecule has 6 rings (SSSR count). The van der Waals surface area contributed by atoms with Crippen molar-refractivity contribution in [2.24, 2.45) is 12.8 Å². The number of hydrogen-bond acceptors (Lipinski definition) is 6. The van der Waals surface area contributed by atoms with Crippen LogP contribution in [0, 0.1) is 6.92 Å². The van der Waals surface area contributed by atoms with Crippen molar-refractivity contribution < 1.29 is 0 Å². The van der Waals surface area contributed by atoms with E-state index < -0.39 is 0 Å². The van der Waals surface area contributed by atoms with Gasteiger partial charge >= 0.3 is 0 Å². The molecule has 0 amide bonds. The zero-order chi connectivity index (χ0) is 20.6. The smallest absolute Gasteiger partial charge is 0.202 e. The lowest BCUT2D eigenvalue weighted by Crippen LogP contribution is -2.48. The molecule has 1 aromatic carbocycles. The number of hydrogen-bond donors (Lipinski definition) is 2. The average Bonchev–Trinajstić information content (AvgIpc) is 3.36. The van der Waals surface area contributed by atoms with E-state index >= 15 is 0 Å². The van der Waals surface area contributed by atoms with Gasteiger partial charge in [0.05, 0.1) is 21.9 Å². The van der Waals surface area contributed by atoms with Gasteiger partial charge in [-0.2, -0.15) is 10.2 Å². The van der Waals surface area contributed by atoms with Crippen LogP contribution in [0.2, 0.25) is 5.02 Å². The summed E-state index contributed by atoms with van der Waals surface area (Å²) in [6.07, 6.45) is 6.30. The minimum atomic E-state index is 0. The third kappa shape index (κ3) is 3.08. The van der Waals surface area contributed by atoms with Crippen LogP contribution in [0.1, 0.15) is 31.4 Å². The van der Waals surface area contributed by atoms with E-state index in [2.05, 4.69) is 20.2 Å². The number of halogens is 2. The summed E-state index contributed by atoms with van der Waals surface area (Å²) in [7, 11) is 1.89. The van der Waals surface area contributed by atoms with E-state index in [0.717, 1.165) is 52.0 Å². The second kappa shape index (κ2) is 7.32. The molecule has 31 heavy (non-hydrogen) atoms. The summed E-state index contributed by atoms with van der Waals surface area (Å²) in [4.78, 5) is 12.3. The summed E-state index contributed by atoms with van der Waals surface area (Å²) < 4.78 is 1.76. The highest BCUT2D eigenvalue weighted by atomic mass is 35.5. The molecule has 2 aliphatic rings. The van der Waals surface area contributed by atoms with Crippen LogP contribution in [0.4, 0.5) is 5.82 Å². The number of piperidine rings is 1. The SMILES string of the molecule is Cc1nc2c(-c3ccc4nn(C)cc4c3Cl)[nH]nc2nc1N1C2CCC1CC(N)C2.Cl. The number of aryl methyl sites for hydroxylation is 2. The van der Waals surface area contributed by atoms with E-state index in [4.69, 9.17) is 27.3 Å². The highest BCUT2D eigenvalue weighted by molar-refractivity contribution is 6.38. The molecule has 10 heteroatoms. The molecule has 0 saturated carbocycles. The van der Waals surface area contributed by atoms with Gasteiger partial charge in [-0.15, -0.1) is 12.4 Å². The number of fused-ring (bicyclic) bond motifs is 4. The molecule has 2 unspecified atom stereocenters. The minimum absolute atomic E-state index is 0. The van der Waals surface area contributed by atoms with Gasteiger partial charge in [-0.25, -0.2) is 9.97 Å². The number of nitrogens with zero attached hydrogens (tertiary/aromatic N) is 6. The molecule has 0 spiro atoms. The standard InChI is InChI=1S/C21H23ClN8.ClH/c1-10-21(30-12-3-4-13(30)8-11(23)7-12)25-20-19(24-10)18(26-27-20)14-5-6-16-15(17(14)22)9-29(2)28-16;/h5-6,9,11-13H,3-4,7-8,23H2,1-2H3,(H,25,26,27);1H. The van der Waals surface area contributed by atoms with Crippen LogP contribution in [0.25, 0.3) is 33.3 Å². The lowest BCUT2D eigenvalue weighted by atomic mass is 9.98. The second-order valence-electron chi connectivity index (χ2n) is 8.59. The lowest BCUT2D eigenvalue weighted by Gasteiger charge is -2.39. The molecule has 162 valence electrons. The van der Waals surface area contributed by atoms with Crippen molar-refractivity contribution in [2.75, 3.05) is 4.90 Å². The van der Waals surface area contributed by atoms with Crippen molar-refractivity contribution >= 4 is 51.9 Å². The number of rotatable bonds is 2. The van der Waals surface area contributed by atoms with Gasteiger partial charge in [0.2, 0.25) is 5.65 Å². The van der Waals surface area contributed by atoms with E-state index in [1.807, 2.05) is 32.3 Å². The Morgan fingerprint density at radius 2 is 1.90 bits per heavy atom. The first-order valence-corrected chi connectivity index (χ1v) is 10.8. The molecule has 5 heterocycles. The number of aromatic nitrogens is 6. The zero-order valence-electron chi connectivity index (χ0n) is 17.3. The number of benzene rings is 1. The van der Waals surface area contributed by atoms with Crippen LogP contribution in [-0.2, 0) is 7.05 Å². The Morgan fingerprint density at radius 1 is 1.16 bits per heavy atom. The van der Waals surface area contributed by atoms with Crippen molar-refractivity contribution in [3.8, 4) is 11.3 Å². The molecule has 2 bridgehead atoms. The molecular weight excluding hydrogens is 435 g/mol. The molecule has 2 saturated heterocycles. The molecule has 0 aliphatic carbocycles. The maximum Gasteiger partial charge on any atom is 0.202 e. The third-order valence-electron chi connectivity index (χ3n) is 6.56. The van der Waals surface area contributed by atoms with Gasteiger partial charge in [0.15, 0.2) is 5.82 Å². The maximum atomic E-state index is 6.73. The quantitative estimate of drug-likeness (QED) is 0.474. The number of aromatic amines is 1. The Hall–Kier alpha value is -2.42. The van der Waals surface area contributed by atoms with Crippen LogP contribution in [0.5, 0.6) is 0 Å². The summed E-state index contributed by atoms with van der Waals surface area (Å²) in [6.45, 7) is 2.03. The van der Waals surface area contributed by atoms with Crippen LogP contribution in [0.3, 0.4) is 0 Å². The minimum Gasteiger partial charge on any atom is -0.349 e. The van der Waals surface area contributed by atoms with Gasteiger partial charge in [-0.1, -0.05) is 11.6 Å². The maximum absolute atomic E-state index is 6.73. The molecule has 2 aliphatic heterocycles. The summed E-state index contributed by atoms with van der Waals surface area (Å²) in [5, 5.41) is 13.6. The van der Waals surface area contributed by atoms with Gasteiger partial charge in [-0.05, 0) is 44.7 Å². The van der Waals surface area contributed by atoms with E-state index in [1.54, 1.807) is 4.68 Å². The zero-order valence-corrected chi connectivity index (χ0v) is 18.9. The molecule has 4 aromatic rings. The predicted octanol–water partition coefficient (Wildman–Crippen LogP) is 3.75. The molecule has 3 N–H and O–H groups in total. The predicted molar refractivity (Wildman–Crippen MR) is 125 cm³/mol. The topological polar surface area (TPSA) is 102 Å². The number of H-pyrrole nitrogens is 1. The van der Waals surface area contributed by atoms with Crippen molar-refractivity contribution in [2.45, 2.75) is 50.7 Å². The average molecular weight is 459 g/mol. The first-order chi connectivity index (χ1) is 14.5. The van der Waals surface area contributed by atoms with Crippen LogP contribution < -0.4 is 10.6 Å². The Labute approximate surface area is 190 Å². The fraction of sp³-hybridized carbons (Fsp3) is 0.429. The van der Waals surface area contributed by atoms with Gasteiger partial charge in [0.25, 0.3) is 0 Å². The van der Waals surface area contributed by atoms with Crippen molar-refractivity contribution in [1.29, 1.82) is 0 Å². The summed E-state index contributed by atoms with van der Waals surface area (Å²) in [5.74, 6) is 0.939. The van der Waals surface area contributed by atoms with E-state index in [-0.39, 0.29) is 18.4 Å². The second-order valence-corrected chi connectivity index (χ2v) is 8.97. The summed E-state index contributed by atoms with van der Waals surface area (Å²) >= 11 is 6.73. The van der Waals surface area contributed by atoms with Gasteiger partial charge in [0, 0.05) is 42.3 Å². The first-order valence-electron chi connectivity index (χ1n) is 10.4. The fourth-order valence-electron chi connectivity index (χ4n) is 5.28. The fourth-order valence-corrected chi connectivity index (χ4v) is 5.58. The van der Waals surface area contributed by atoms with Crippen LogP contribution in [0.15, 0.2) is 18.3 Å². The van der Waals surface area contributed by atoms with Crippen molar-refractivity contribution in [3.63, 3.8) is 0 Å². The Morgan fingerprint density at radius 3 is 2.65 bits per heavy atom. The lowest BCUT2D eigenvalue weighted by molar-refractivity contribution is 0.411. The number of nitrogens with two attached hydrogens (primary N) is 1. The normalized spacial score (nSPS) is 23.0. The van der Waals surface area contributed by atoms with Crippen LogP contribution >= 0.6 is 24.0 Å². The van der Waals surface area contributed by atoms with Crippen molar-refractivity contribution in [1.82, 2.24) is 29.9 Å². The molecular formula is C21H24Cl2N8. The van der Waals surface area contributed by atoms with Crippen LogP contribution in [-0.4, -0.2) is 48.1 Å². The number of nitrogens with one attached hydrogen (secondary N) is 1. The van der Waals surface area contributed by atoms with E-state index in [1.165, 1.54) is 12.8 Å². The highest BCUT2D eigenvalue weighted by Gasteiger charge is 2.41. The van der Waals surface area contributed by atoms with Gasteiger partial charge in [0.1, 0.15) is 5.52 Å². The first kappa shape index (κ1) is 20.5. The third-order valence-corrected chi connectivity index (χ3v) is 6.97. The largest absolute Gasteiger partial charge is 0.349 e. The molecule has 3 aromatic heterocycles. The van der Waals surface area contributed by atoms with Gasteiger partial charge < -0.3 is 10.6 Å². The van der Waals surface area contributed by atoms with Crippen molar-refractivity contribution in [3.05, 3.63) is 29.0 Å².